The van der Waals surface area contributed by atoms with Crippen LogP contribution in [0.4, 0.5) is 0 Å². The van der Waals surface area contributed by atoms with Gasteiger partial charge in [0.2, 0.25) is 6.41 Å². The van der Waals surface area contributed by atoms with Crippen LogP contribution >= 0.6 is 0 Å². The number of aromatic nitrogens is 2. The standard InChI is InChI=1S/C32H41N5O3/c1-22(14-24(3)34-21-39)23(2)18-33-32(40)29-16-27(26-9-7-8-25(15-26)20-36(4)12-13-38)17-31-30(29)19-35-37(31)28-10-5-6-11-28/h7-9,14-17,19,21,28,38H,5-6,10-13,18,20H2,1-4H3,(H,33,40)(H,34,39)/b23-22+,24-14-. The average molecular weight is 544 g/mol. The van der Waals surface area contributed by atoms with Gasteiger partial charge >= 0.3 is 0 Å². The highest BCUT2D eigenvalue weighted by atomic mass is 16.3. The molecule has 3 aromatic rings. The molecule has 40 heavy (non-hydrogen) atoms. The molecule has 1 fully saturated rings. The number of hydrogen-bond acceptors (Lipinski definition) is 5. The normalized spacial score (nSPS) is 15.0. The number of fused-ring (bicyclic) bond motifs is 1. The summed E-state index contributed by atoms with van der Waals surface area (Å²) in [6.45, 7) is 7.62. The van der Waals surface area contributed by atoms with E-state index < -0.39 is 0 Å². The summed E-state index contributed by atoms with van der Waals surface area (Å²) in [6, 6.07) is 12.9. The molecule has 0 bridgehead atoms. The molecule has 0 saturated heterocycles. The van der Waals surface area contributed by atoms with E-state index >= 15 is 0 Å². The first-order valence-electron chi connectivity index (χ1n) is 14.0. The third-order valence-corrected chi connectivity index (χ3v) is 7.73. The van der Waals surface area contributed by atoms with Crippen molar-refractivity contribution in [3.05, 3.63) is 76.6 Å². The van der Waals surface area contributed by atoms with Gasteiger partial charge in [0, 0.05) is 30.7 Å². The number of carbonyl (C=O) groups excluding carboxylic acids is 2. The molecule has 8 heteroatoms. The minimum atomic E-state index is -0.143. The highest BCUT2D eigenvalue weighted by molar-refractivity contribution is 6.08. The van der Waals surface area contributed by atoms with Crippen LogP contribution < -0.4 is 10.6 Å². The predicted molar refractivity (Wildman–Crippen MR) is 160 cm³/mol. The predicted octanol–water partition coefficient (Wildman–Crippen LogP) is 4.96. The molecular weight excluding hydrogens is 502 g/mol. The molecule has 0 radical (unpaired) electrons. The Morgan fingerprint density at radius 1 is 1.15 bits per heavy atom. The molecule has 3 N–H and O–H groups in total. The Balaban J connectivity index is 1.69. The average Bonchev–Trinajstić information content (AvgIpc) is 3.61. The Labute approximate surface area is 236 Å². The number of amides is 2. The summed E-state index contributed by atoms with van der Waals surface area (Å²) in [5.74, 6) is -0.143. The lowest BCUT2D eigenvalue weighted by Crippen LogP contribution is -2.25. The van der Waals surface area contributed by atoms with E-state index in [2.05, 4.69) is 44.5 Å². The molecule has 1 aliphatic rings. The Kier molecular flexibility index (Phi) is 9.90. The van der Waals surface area contributed by atoms with Gasteiger partial charge in [-0.05, 0) is 87.2 Å². The smallest absolute Gasteiger partial charge is 0.252 e. The van der Waals surface area contributed by atoms with Gasteiger partial charge in [-0.3, -0.25) is 19.2 Å². The molecule has 2 amide bonds. The number of allylic oxidation sites excluding steroid dienone is 3. The second-order valence-electron chi connectivity index (χ2n) is 10.9. The van der Waals surface area contributed by atoms with E-state index in [0.717, 1.165) is 63.8 Å². The number of carbonyl (C=O) groups is 2. The SMILES string of the molecule is C/C(=C/C(C)=C(\C)CNC(=O)c1cc(-c2cccc(CN(C)CCO)c2)cc2c1cnn2C1CCCC1)NC=O. The van der Waals surface area contributed by atoms with E-state index in [1.165, 1.54) is 12.8 Å². The van der Waals surface area contributed by atoms with Crippen molar-refractivity contribution in [2.75, 3.05) is 26.7 Å². The van der Waals surface area contributed by atoms with Gasteiger partial charge in [-0.2, -0.15) is 5.10 Å². The Hall–Kier alpha value is -3.75. The highest BCUT2D eigenvalue weighted by Gasteiger charge is 2.22. The molecular formula is C32H41N5O3. The fourth-order valence-corrected chi connectivity index (χ4v) is 5.38. The lowest BCUT2D eigenvalue weighted by Gasteiger charge is -2.16. The third-order valence-electron chi connectivity index (χ3n) is 7.73. The van der Waals surface area contributed by atoms with E-state index in [9.17, 15) is 14.7 Å². The van der Waals surface area contributed by atoms with Crippen LogP contribution in [-0.2, 0) is 11.3 Å². The maximum absolute atomic E-state index is 13.6. The number of nitrogens with one attached hydrogen (secondary N) is 2. The summed E-state index contributed by atoms with van der Waals surface area (Å²) in [6.07, 6.45) is 8.98. The number of hydrogen-bond donors (Lipinski definition) is 3. The zero-order valence-electron chi connectivity index (χ0n) is 24.0. The van der Waals surface area contributed by atoms with Crippen LogP contribution in [0.25, 0.3) is 22.0 Å². The second kappa shape index (κ2) is 13.5. The Bertz CT molecular complexity index is 1420. The topological polar surface area (TPSA) is 99.5 Å². The summed E-state index contributed by atoms with van der Waals surface area (Å²) >= 11 is 0. The number of likely N-dealkylation sites (N-methyl/N-ethyl adjacent to an activating group) is 1. The zero-order chi connectivity index (χ0) is 28.6. The fraction of sp³-hybridized carbons (Fsp3) is 0.406. The quantitative estimate of drug-likeness (QED) is 0.222. The lowest BCUT2D eigenvalue weighted by molar-refractivity contribution is -0.108. The van der Waals surface area contributed by atoms with Gasteiger partial charge in [0.25, 0.3) is 5.91 Å². The summed E-state index contributed by atoms with van der Waals surface area (Å²) in [7, 11) is 1.99. The van der Waals surface area contributed by atoms with Crippen LogP contribution in [0, 0.1) is 0 Å². The van der Waals surface area contributed by atoms with Crippen LogP contribution in [0.1, 0.15) is 68.4 Å². The number of aliphatic hydroxyl groups excluding tert-OH is 1. The second-order valence-corrected chi connectivity index (χ2v) is 10.9. The molecule has 2 aromatic carbocycles. The highest BCUT2D eigenvalue weighted by Crippen LogP contribution is 2.35. The summed E-state index contributed by atoms with van der Waals surface area (Å²) in [5, 5.41) is 20.7. The molecule has 0 spiro atoms. The van der Waals surface area contributed by atoms with Crippen molar-refractivity contribution in [1.82, 2.24) is 25.3 Å². The van der Waals surface area contributed by atoms with Gasteiger partial charge < -0.3 is 15.7 Å². The summed E-state index contributed by atoms with van der Waals surface area (Å²) in [4.78, 5) is 26.4. The van der Waals surface area contributed by atoms with Crippen LogP contribution in [0.2, 0.25) is 0 Å². The molecule has 1 aromatic heterocycles. The fourth-order valence-electron chi connectivity index (χ4n) is 5.38. The van der Waals surface area contributed by atoms with E-state index in [4.69, 9.17) is 5.10 Å². The first-order valence-corrected chi connectivity index (χ1v) is 14.0. The van der Waals surface area contributed by atoms with Crippen LogP contribution in [0.15, 0.2) is 65.5 Å². The molecule has 0 unspecified atom stereocenters. The van der Waals surface area contributed by atoms with Gasteiger partial charge in [-0.25, -0.2) is 0 Å². The summed E-state index contributed by atoms with van der Waals surface area (Å²) < 4.78 is 2.12. The first-order chi connectivity index (χ1) is 19.3. The minimum Gasteiger partial charge on any atom is -0.395 e. The van der Waals surface area contributed by atoms with Crippen molar-refractivity contribution in [2.24, 2.45) is 0 Å². The number of nitrogens with zero attached hydrogens (tertiary/aromatic N) is 3. The van der Waals surface area contributed by atoms with Crippen molar-refractivity contribution in [2.45, 2.75) is 59.0 Å². The molecule has 212 valence electrons. The molecule has 0 atom stereocenters. The molecule has 1 saturated carbocycles. The van der Waals surface area contributed by atoms with E-state index in [-0.39, 0.29) is 12.5 Å². The number of benzene rings is 2. The van der Waals surface area contributed by atoms with Gasteiger partial charge in [0.1, 0.15) is 0 Å². The molecule has 1 heterocycles. The third kappa shape index (κ3) is 7.06. The van der Waals surface area contributed by atoms with Crippen molar-refractivity contribution in [3.63, 3.8) is 0 Å². The van der Waals surface area contributed by atoms with Gasteiger partial charge in [0.05, 0.1) is 29.9 Å². The molecule has 1 aliphatic carbocycles. The summed E-state index contributed by atoms with van der Waals surface area (Å²) in [5.41, 5.74) is 7.51. The molecule has 4 rings (SSSR count). The molecule has 0 aliphatic heterocycles. The van der Waals surface area contributed by atoms with E-state index in [1.54, 1.807) is 0 Å². The minimum absolute atomic E-state index is 0.121. The van der Waals surface area contributed by atoms with Crippen molar-refractivity contribution in [3.8, 4) is 11.1 Å². The maximum Gasteiger partial charge on any atom is 0.252 e. The Morgan fingerprint density at radius 3 is 2.65 bits per heavy atom. The maximum atomic E-state index is 13.6. The van der Waals surface area contributed by atoms with Crippen molar-refractivity contribution < 1.29 is 14.7 Å². The van der Waals surface area contributed by atoms with Crippen LogP contribution in [-0.4, -0.2) is 58.8 Å². The van der Waals surface area contributed by atoms with Gasteiger partial charge in [-0.15, -0.1) is 0 Å². The Morgan fingerprint density at radius 2 is 1.93 bits per heavy atom. The number of rotatable bonds is 12. The van der Waals surface area contributed by atoms with E-state index in [1.807, 2.05) is 52.2 Å². The van der Waals surface area contributed by atoms with Crippen LogP contribution in [0.5, 0.6) is 0 Å². The van der Waals surface area contributed by atoms with E-state index in [0.29, 0.717) is 31.1 Å². The van der Waals surface area contributed by atoms with Gasteiger partial charge in [0.15, 0.2) is 0 Å². The first kappa shape index (κ1) is 29.2. The van der Waals surface area contributed by atoms with Crippen molar-refractivity contribution >= 4 is 23.2 Å². The largest absolute Gasteiger partial charge is 0.395 e. The zero-order valence-corrected chi connectivity index (χ0v) is 24.0. The van der Waals surface area contributed by atoms with Crippen LogP contribution in [0.3, 0.4) is 0 Å². The van der Waals surface area contributed by atoms with Crippen molar-refractivity contribution in [1.29, 1.82) is 0 Å². The molecule has 8 nitrogen and oxygen atoms in total. The van der Waals surface area contributed by atoms with Gasteiger partial charge in [-0.1, -0.05) is 36.6 Å². The number of aliphatic hydroxyl groups is 1. The monoisotopic (exact) mass is 543 g/mol. The lowest BCUT2D eigenvalue weighted by atomic mass is 9.98.